The maximum absolute atomic E-state index is 13.1. The van der Waals surface area contributed by atoms with Crippen LogP contribution in [-0.2, 0) is 18.3 Å². The molecule has 2 heterocycles. The average molecular weight is 334 g/mol. The van der Waals surface area contributed by atoms with Crippen LogP contribution in [0.15, 0.2) is 36.0 Å². The van der Waals surface area contributed by atoms with E-state index in [4.69, 9.17) is 0 Å². The molecule has 1 amide bonds. The monoisotopic (exact) mass is 334 g/mol. The molecule has 0 spiro atoms. The number of rotatable bonds is 4. The van der Waals surface area contributed by atoms with Crippen LogP contribution in [0, 0.1) is 11.6 Å². The molecule has 3 aromatic rings. The molecular weight excluding hydrogens is 322 g/mol. The van der Waals surface area contributed by atoms with Gasteiger partial charge in [-0.05, 0) is 17.7 Å². The number of hydrogen-bond donors (Lipinski definition) is 1. The van der Waals surface area contributed by atoms with Crippen molar-refractivity contribution >= 4 is 22.4 Å². The molecule has 0 atom stereocenters. The first kappa shape index (κ1) is 15.3. The van der Waals surface area contributed by atoms with E-state index in [1.54, 1.807) is 17.9 Å². The van der Waals surface area contributed by atoms with Crippen LogP contribution in [0.2, 0.25) is 0 Å². The molecule has 1 N–H and O–H groups in total. The molecule has 3 rings (SSSR count). The molecule has 0 aliphatic heterocycles. The molecule has 0 unspecified atom stereocenters. The van der Waals surface area contributed by atoms with E-state index < -0.39 is 11.6 Å². The Bertz CT molecular complexity index is 859. The lowest BCUT2D eigenvalue weighted by Crippen LogP contribution is -2.14. The quantitative estimate of drug-likeness (QED) is 0.798. The van der Waals surface area contributed by atoms with Crippen molar-refractivity contribution in [2.45, 2.75) is 6.42 Å². The second-order valence-corrected chi connectivity index (χ2v) is 5.77. The number of nitrogens with one attached hydrogen (secondary N) is 1. The molecule has 5 nitrogen and oxygen atoms in total. The highest BCUT2D eigenvalue weighted by atomic mass is 32.1. The van der Waals surface area contributed by atoms with Crippen LogP contribution < -0.4 is 5.32 Å². The molecule has 0 saturated heterocycles. The number of anilines is 1. The van der Waals surface area contributed by atoms with Crippen LogP contribution in [0.5, 0.6) is 0 Å². The molecule has 0 fully saturated rings. The topological polar surface area (TPSA) is 59.8 Å². The van der Waals surface area contributed by atoms with E-state index in [-0.39, 0.29) is 12.3 Å². The van der Waals surface area contributed by atoms with Crippen molar-refractivity contribution in [1.29, 1.82) is 0 Å². The SMILES string of the molecule is Cn1cc(-c2csc(NC(=O)Cc3ccc(F)c(F)c3)n2)cn1. The Hall–Kier alpha value is -2.61. The summed E-state index contributed by atoms with van der Waals surface area (Å²) in [6, 6.07) is 3.39. The summed E-state index contributed by atoms with van der Waals surface area (Å²) in [5.41, 5.74) is 1.96. The predicted molar refractivity (Wildman–Crippen MR) is 83.0 cm³/mol. The van der Waals surface area contributed by atoms with Gasteiger partial charge < -0.3 is 5.32 Å². The lowest BCUT2D eigenvalue weighted by Gasteiger charge is -2.02. The fourth-order valence-corrected chi connectivity index (χ4v) is 2.75. The maximum atomic E-state index is 13.1. The number of nitrogens with zero attached hydrogens (tertiary/aromatic N) is 3. The Morgan fingerprint density at radius 1 is 1.35 bits per heavy atom. The average Bonchev–Trinajstić information content (AvgIpc) is 3.12. The Morgan fingerprint density at radius 2 is 2.17 bits per heavy atom. The molecule has 0 saturated carbocycles. The number of carbonyl (C=O) groups is 1. The first-order valence-electron chi connectivity index (χ1n) is 6.69. The minimum atomic E-state index is -0.969. The largest absolute Gasteiger partial charge is 0.302 e. The van der Waals surface area contributed by atoms with E-state index in [0.717, 1.165) is 17.7 Å². The van der Waals surface area contributed by atoms with Crippen LogP contribution in [0.1, 0.15) is 5.56 Å². The van der Waals surface area contributed by atoms with E-state index in [0.29, 0.717) is 16.4 Å². The Labute approximate surface area is 134 Å². The van der Waals surface area contributed by atoms with Crippen molar-refractivity contribution in [2.24, 2.45) is 7.05 Å². The highest BCUT2D eigenvalue weighted by molar-refractivity contribution is 7.14. The first-order chi connectivity index (χ1) is 11.0. The minimum absolute atomic E-state index is 0.0565. The molecule has 0 radical (unpaired) electrons. The van der Waals surface area contributed by atoms with E-state index in [1.807, 2.05) is 11.6 Å². The first-order valence-corrected chi connectivity index (χ1v) is 7.57. The highest BCUT2D eigenvalue weighted by Gasteiger charge is 2.11. The summed E-state index contributed by atoms with van der Waals surface area (Å²) >= 11 is 1.28. The zero-order chi connectivity index (χ0) is 16.4. The molecule has 1 aromatic carbocycles. The summed E-state index contributed by atoms with van der Waals surface area (Å²) in [4.78, 5) is 16.3. The van der Waals surface area contributed by atoms with Gasteiger partial charge in [-0.15, -0.1) is 11.3 Å². The van der Waals surface area contributed by atoms with E-state index >= 15 is 0 Å². The molecule has 8 heteroatoms. The third-order valence-corrected chi connectivity index (χ3v) is 3.86. The van der Waals surface area contributed by atoms with Gasteiger partial charge in [0.2, 0.25) is 5.91 Å². The van der Waals surface area contributed by atoms with Crippen LogP contribution in [0.3, 0.4) is 0 Å². The van der Waals surface area contributed by atoms with E-state index in [1.165, 1.54) is 17.4 Å². The summed E-state index contributed by atoms with van der Waals surface area (Å²) in [7, 11) is 1.81. The van der Waals surface area contributed by atoms with Crippen LogP contribution >= 0.6 is 11.3 Å². The van der Waals surface area contributed by atoms with Crippen molar-refractivity contribution < 1.29 is 13.6 Å². The minimum Gasteiger partial charge on any atom is -0.302 e. The Morgan fingerprint density at radius 3 is 2.87 bits per heavy atom. The van der Waals surface area contributed by atoms with Gasteiger partial charge in [0.1, 0.15) is 0 Å². The zero-order valence-electron chi connectivity index (χ0n) is 12.1. The lowest BCUT2D eigenvalue weighted by molar-refractivity contribution is -0.115. The summed E-state index contributed by atoms with van der Waals surface area (Å²) in [5.74, 6) is -2.25. The van der Waals surface area contributed by atoms with Crippen molar-refractivity contribution in [2.75, 3.05) is 5.32 Å². The van der Waals surface area contributed by atoms with Gasteiger partial charge in [-0.1, -0.05) is 6.07 Å². The van der Waals surface area contributed by atoms with Gasteiger partial charge in [0.05, 0.1) is 18.3 Å². The van der Waals surface area contributed by atoms with Gasteiger partial charge in [0.15, 0.2) is 16.8 Å². The number of halogens is 2. The highest BCUT2D eigenvalue weighted by Crippen LogP contribution is 2.24. The smallest absolute Gasteiger partial charge is 0.230 e. The van der Waals surface area contributed by atoms with Crippen LogP contribution in [0.25, 0.3) is 11.3 Å². The molecule has 23 heavy (non-hydrogen) atoms. The third kappa shape index (κ3) is 3.59. The summed E-state index contributed by atoms with van der Waals surface area (Å²) in [6.45, 7) is 0. The molecular formula is C15H12F2N4OS. The number of carbonyl (C=O) groups excluding carboxylic acids is 1. The van der Waals surface area contributed by atoms with Crippen molar-refractivity contribution in [3.05, 3.63) is 53.2 Å². The number of benzene rings is 1. The normalized spacial score (nSPS) is 10.7. The summed E-state index contributed by atoms with van der Waals surface area (Å²) in [5, 5.41) is 8.96. The van der Waals surface area contributed by atoms with Gasteiger partial charge in [0, 0.05) is 24.2 Å². The molecule has 0 aliphatic rings. The van der Waals surface area contributed by atoms with Gasteiger partial charge in [-0.3, -0.25) is 9.48 Å². The Balaban J connectivity index is 1.66. The lowest BCUT2D eigenvalue weighted by atomic mass is 10.1. The third-order valence-electron chi connectivity index (χ3n) is 3.10. The standard InChI is InChI=1S/C15H12F2N4OS/c1-21-7-10(6-18-21)13-8-23-15(19-13)20-14(22)5-9-2-3-11(16)12(17)4-9/h2-4,6-8H,5H2,1H3,(H,19,20,22). The molecule has 0 bridgehead atoms. The predicted octanol–water partition coefficient (Wildman–Crippen LogP) is 3.00. The second kappa shape index (κ2) is 6.25. The molecule has 2 aromatic heterocycles. The summed E-state index contributed by atoms with van der Waals surface area (Å²) in [6.07, 6.45) is 3.45. The molecule has 118 valence electrons. The van der Waals surface area contributed by atoms with Gasteiger partial charge in [-0.25, -0.2) is 13.8 Å². The van der Waals surface area contributed by atoms with Gasteiger partial charge in [-0.2, -0.15) is 5.10 Å². The summed E-state index contributed by atoms with van der Waals surface area (Å²) < 4.78 is 27.6. The van der Waals surface area contributed by atoms with Crippen LogP contribution in [0.4, 0.5) is 13.9 Å². The number of thiazole rings is 1. The zero-order valence-corrected chi connectivity index (χ0v) is 12.9. The number of aryl methyl sites for hydroxylation is 1. The Kier molecular flexibility index (Phi) is 4.16. The van der Waals surface area contributed by atoms with Gasteiger partial charge in [0.25, 0.3) is 0 Å². The van der Waals surface area contributed by atoms with Crippen molar-refractivity contribution in [3.63, 3.8) is 0 Å². The molecule has 0 aliphatic carbocycles. The van der Waals surface area contributed by atoms with Crippen molar-refractivity contribution in [3.8, 4) is 11.3 Å². The van der Waals surface area contributed by atoms with Gasteiger partial charge >= 0.3 is 0 Å². The van der Waals surface area contributed by atoms with Crippen molar-refractivity contribution in [1.82, 2.24) is 14.8 Å². The fourth-order valence-electron chi connectivity index (χ4n) is 2.02. The fraction of sp³-hybridized carbons (Fsp3) is 0.133. The van der Waals surface area contributed by atoms with E-state index in [2.05, 4.69) is 15.4 Å². The second-order valence-electron chi connectivity index (χ2n) is 4.91. The number of amides is 1. The van der Waals surface area contributed by atoms with Crippen LogP contribution in [-0.4, -0.2) is 20.7 Å². The number of hydrogen-bond acceptors (Lipinski definition) is 4. The van der Waals surface area contributed by atoms with E-state index in [9.17, 15) is 13.6 Å². The maximum Gasteiger partial charge on any atom is 0.230 e. The number of aromatic nitrogens is 3.